The van der Waals surface area contributed by atoms with E-state index in [0.29, 0.717) is 12.8 Å². The summed E-state index contributed by atoms with van der Waals surface area (Å²) in [5.41, 5.74) is 2.96. The van der Waals surface area contributed by atoms with Gasteiger partial charge < -0.3 is 9.80 Å². The van der Waals surface area contributed by atoms with Crippen molar-refractivity contribution in [3.63, 3.8) is 0 Å². The number of rotatable bonds is 9. The molecular formula is C29H34N6O. The number of amides is 1. The van der Waals surface area contributed by atoms with Crippen LogP contribution < -0.4 is 4.90 Å². The van der Waals surface area contributed by atoms with Crippen LogP contribution in [0.1, 0.15) is 50.4 Å². The quantitative estimate of drug-likeness (QED) is 0.313. The molecule has 1 fully saturated rings. The van der Waals surface area contributed by atoms with Crippen LogP contribution in [0.5, 0.6) is 0 Å². The fourth-order valence-electron chi connectivity index (χ4n) is 4.82. The highest BCUT2D eigenvalue weighted by Crippen LogP contribution is 2.27. The van der Waals surface area contributed by atoms with E-state index in [-0.39, 0.29) is 5.91 Å². The van der Waals surface area contributed by atoms with Gasteiger partial charge >= 0.3 is 0 Å². The van der Waals surface area contributed by atoms with Crippen LogP contribution in [0.25, 0.3) is 16.7 Å². The lowest BCUT2D eigenvalue weighted by Gasteiger charge is -2.35. The molecule has 7 nitrogen and oxygen atoms in total. The van der Waals surface area contributed by atoms with Crippen molar-refractivity contribution in [2.24, 2.45) is 0 Å². The van der Waals surface area contributed by atoms with Crippen LogP contribution >= 0.6 is 0 Å². The second-order valence-electron chi connectivity index (χ2n) is 9.43. The van der Waals surface area contributed by atoms with E-state index in [2.05, 4.69) is 29.1 Å². The molecule has 7 heteroatoms. The number of fused-ring (bicyclic) bond motifs is 1. The number of aromatic nitrogens is 4. The van der Waals surface area contributed by atoms with Gasteiger partial charge in [-0.15, -0.1) is 0 Å². The van der Waals surface area contributed by atoms with Gasteiger partial charge in [0, 0.05) is 39.0 Å². The molecular weight excluding hydrogens is 448 g/mol. The maximum absolute atomic E-state index is 12.7. The summed E-state index contributed by atoms with van der Waals surface area (Å²) in [5.74, 6) is 1.96. The molecule has 3 heterocycles. The van der Waals surface area contributed by atoms with Gasteiger partial charge in [-0.2, -0.15) is 5.10 Å². The summed E-state index contributed by atoms with van der Waals surface area (Å²) in [6, 6.07) is 20.4. The fourth-order valence-corrected chi connectivity index (χ4v) is 4.82. The Kier molecular flexibility index (Phi) is 7.55. The SMILES string of the molecule is CCCCCCC(=O)N1CCN(c2nc(Cc3ccccc3)nc3c2cnn3-c2ccccc2)CC1. The number of hydrogen-bond acceptors (Lipinski definition) is 5. The Labute approximate surface area is 212 Å². The molecule has 2 aromatic heterocycles. The molecule has 0 bridgehead atoms. The molecule has 1 aliphatic heterocycles. The Morgan fingerprint density at radius 2 is 1.58 bits per heavy atom. The Hall–Kier alpha value is -3.74. The summed E-state index contributed by atoms with van der Waals surface area (Å²) in [6.07, 6.45) is 7.69. The summed E-state index contributed by atoms with van der Waals surface area (Å²) in [5, 5.41) is 5.62. The minimum atomic E-state index is 0.278. The van der Waals surface area contributed by atoms with Crippen LogP contribution in [-0.2, 0) is 11.2 Å². The largest absolute Gasteiger partial charge is 0.352 e. The highest BCUT2D eigenvalue weighted by molar-refractivity contribution is 5.88. The van der Waals surface area contributed by atoms with Crippen LogP contribution in [0.3, 0.4) is 0 Å². The predicted octanol–water partition coefficient (Wildman–Crippen LogP) is 5.03. The van der Waals surface area contributed by atoms with E-state index in [9.17, 15) is 4.79 Å². The number of carbonyl (C=O) groups excluding carboxylic acids is 1. The van der Waals surface area contributed by atoms with Crippen LogP contribution in [0.2, 0.25) is 0 Å². The fraction of sp³-hybridized carbons (Fsp3) is 0.379. The molecule has 0 spiro atoms. The summed E-state index contributed by atoms with van der Waals surface area (Å²) in [6.45, 7) is 5.15. The van der Waals surface area contributed by atoms with E-state index in [4.69, 9.17) is 9.97 Å². The highest BCUT2D eigenvalue weighted by Gasteiger charge is 2.25. The van der Waals surface area contributed by atoms with E-state index < -0.39 is 0 Å². The van der Waals surface area contributed by atoms with Crippen LogP contribution in [0, 0.1) is 0 Å². The summed E-state index contributed by atoms with van der Waals surface area (Å²) in [7, 11) is 0. The third-order valence-corrected chi connectivity index (χ3v) is 6.84. The molecule has 1 aliphatic rings. The van der Waals surface area contributed by atoms with Gasteiger partial charge in [0.25, 0.3) is 0 Å². The molecule has 186 valence electrons. The molecule has 0 atom stereocenters. The predicted molar refractivity (Wildman–Crippen MR) is 143 cm³/mol. The maximum atomic E-state index is 12.7. The van der Waals surface area contributed by atoms with E-state index in [0.717, 1.165) is 67.4 Å². The second kappa shape index (κ2) is 11.3. The molecule has 5 rings (SSSR count). The Bertz CT molecular complexity index is 1280. The number of benzene rings is 2. The third-order valence-electron chi connectivity index (χ3n) is 6.84. The topological polar surface area (TPSA) is 67.2 Å². The third kappa shape index (κ3) is 5.40. The van der Waals surface area contributed by atoms with Gasteiger partial charge in [-0.3, -0.25) is 4.79 Å². The smallest absolute Gasteiger partial charge is 0.222 e. The molecule has 1 saturated heterocycles. The monoisotopic (exact) mass is 482 g/mol. The van der Waals surface area contributed by atoms with Gasteiger partial charge in [0.1, 0.15) is 11.6 Å². The van der Waals surface area contributed by atoms with Crippen molar-refractivity contribution in [2.75, 3.05) is 31.1 Å². The summed E-state index contributed by atoms with van der Waals surface area (Å²) < 4.78 is 1.89. The number of hydrogen-bond donors (Lipinski definition) is 0. The average Bonchev–Trinajstić information content (AvgIpc) is 3.36. The highest BCUT2D eigenvalue weighted by atomic mass is 16.2. The minimum Gasteiger partial charge on any atom is -0.352 e. The van der Waals surface area contributed by atoms with Crippen molar-refractivity contribution in [2.45, 2.75) is 45.4 Å². The molecule has 0 unspecified atom stereocenters. The van der Waals surface area contributed by atoms with Crippen LogP contribution in [-0.4, -0.2) is 56.7 Å². The lowest BCUT2D eigenvalue weighted by molar-refractivity contribution is -0.131. The zero-order chi connectivity index (χ0) is 24.7. The Morgan fingerprint density at radius 3 is 2.31 bits per heavy atom. The van der Waals surface area contributed by atoms with Crippen LogP contribution in [0.4, 0.5) is 5.82 Å². The number of unbranched alkanes of at least 4 members (excludes halogenated alkanes) is 3. The van der Waals surface area contributed by atoms with Gasteiger partial charge in [0.15, 0.2) is 5.65 Å². The summed E-state index contributed by atoms with van der Waals surface area (Å²) >= 11 is 0. The zero-order valence-electron chi connectivity index (χ0n) is 21.0. The lowest BCUT2D eigenvalue weighted by atomic mass is 10.1. The van der Waals surface area contributed by atoms with Crippen molar-refractivity contribution >= 4 is 22.8 Å². The van der Waals surface area contributed by atoms with Gasteiger partial charge in [-0.1, -0.05) is 74.7 Å². The van der Waals surface area contributed by atoms with E-state index in [1.807, 2.05) is 64.3 Å². The summed E-state index contributed by atoms with van der Waals surface area (Å²) in [4.78, 5) is 27.0. The number of anilines is 1. The van der Waals surface area contributed by atoms with Crippen molar-refractivity contribution < 1.29 is 4.79 Å². The molecule has 0 N–H and O–H groups in total. The van der Waals surface area contributed by atoms with Crippen molar-refractivity contribution in [1.82, 2.24) is 24.6 Å². The van der Waals surface area contributed by atoms with E-state index in [1.165, 1.54) is 18.4 Å². The van der Waals surface area contributed by atoms with E-state index >= 15 is 0 Å². The van der Waals surface area contributed by atoms with Gasteiger partial charge in [-0.25, -0.2) is 14.6 Å². The minimum absolute atomic E-state index is 0.278. The molecule has 1 amide bonds. The first-order valence-electron chi connectivity index (χ1n) is 13.1. The van der Waals surface area contributed by atoms with Crippen molar-refractivity contribution in [3.8, 4) is 5.69 Å². The van der Waals surface area contributed by atoms with Gasteiger partial charge in [0.2, 0.25) is 5.91 Å². The number of para-hydroxylation sites is 1. The van der Waals surface area contributed by atoms with Crippen molar-refractivity contribution in [3.05, 3.63) is 78.2 Å². The lowest BCUT2D eigenvalue weighted by Crippen LogP contribution is -2.49. The standard InChI is InChI=1S/C29H34N6O/c1-2-3-4-11-16-27(36)33-17-19-34(20-18-33)28-25-22-30-35(24-14-9-6-10-15-24)29(25)32-26(31-28)21-23-12-7-5-8-13-23/h5-10,12-15,22H,2-4,11,16-21H2,1H3. The molecule has 0 saturated carbocycles. The second-order valence-corrected chi connectivity index (χ2v) is 9.43. The number of carbonyl (C=O) groups is 1. The molecule has 0 aliphatic carbocycles. The number of nitrogens with zero attached hydrogens (tertiary/aromatic N) is 6. The van der Waals surface area contributed by atoms with Crippen LogP contribution in [0.15, 0.2) is 66.9 Å². The van der Waals surface area contributed by atoms with Crippen molar-refractivity contribution in [1.29, 1.82) is 0 Å². The first kappa shape index (κ1) is 24.0. The zero-order valence-corrected chi connectivity index (χ0v) is 21.0. The normalized spacial score (nSPS) is 13.9. The first-order valence-corrected chi connectivity index (χ1v) is 13.1. The average molecular weight is 483 g/mol. The Balaban J connectivity index is 1.40. The molecule has 4 aromatic rings. The van der Waals surface area contributed by atoms with Gasteiger partial charge in [-0.05, 0) is 24.1 Å². The number of piperazine rings is 1. The molecule has 36 heavy (non-hydrogen) atoms. The van der Waals surface area contributed by atoms with Gasteiger partial charge in [0.05, 0.1) is 17.3 Å². The molecule has 2 aromatic carbocycles. The molecule has 0 radical (unpaired) electrons. The maximum Gasteiger partial charge on any atom is 0.222 e. The van der Waals surface area contributed by atoms with E-state index in [1.54, 1.807) is 0 Å². The first-order chi connectivity index (χ1) is 17.7. The Morgan fingerprint density at radius 1 is 0.861 bits per heavy atom.